The maximum Gasteiger partial charge on any atom is 0.137 e. The van der Waals surface area contributed by atoms with Gasteiger partial charge in [-0.2, -0.15) is 0 Å². The SMILES string of the molecule is COCCC(C)Nc1nc(C(C)C)nc(Cl)c1C. The average Bonchev–Trinajstić information content (AvgIpc) is 2.31. The van der Waals surface area contributed by atoms with Crippen LogP contribution in [0, 0.1) is 6.92 Å². The molecule has 1 N–H and O–H groups in total. The Morgan fingerprint density at radius 3 is 2.50 bits per heavy atom. The van der Waals surface area contributed by atoms with Gasteiger partial charge in [0.15, 0.2) is 0 Å². The molecule has 0 aliphatic heterocycles. The highest BCUT2D eigenvalue weighted by Crippen LogP contribution is 2.23. The van der Waals surface area contributed by atoms with E-state index in [0.717, 1.165) is 30.2 Å². The lowest BCUT2D eigenvalue weighted by Crippen LogP contribution is -2.19. The average molecular weight is 272 g/mol. The summed E-state index contributed by atoms with van der Waals surface area (Å²) in [4.78, 5) is 8.83. The summed E-state index contributed by atoms with van der Waals surface area (Å²) in [7, 11) is 1.70. The number of nitrogens with zero attached hydrogens (tertiary/aromatic N) is 2. The molecular formula is C13H22ClN3O. The number of aromatic nitrogens is 2. The number of halogens is 1. The zero-order chi connectivity index (χ0) is 13.7. The topological polar surface area (TPSA) is 47.0 Å². The Morgan fingerprint density at radius 1 is 1.28 bits per heavy atom. The van der Waals surface area contributed by atoms with Crippen molar-refractivity contribution in [1.29, 1.82) is 0 Å². The van der Waals surface area contributed by atoms with E-state index in [0.29, 0.717) is 5.15 Å². The van der Waals surface area contributed by atoms with Crippen LogP contribution in [0.5, 0.6) is 0 Å². The molecule has 1 aromatic heterocycles. The molecule has 1 rings (SSSR count). The number of ether oxygens (including phenoxy) is 1. The molecule has 1 aromatic rings. The molecular weight excluding hydrogens is 250 g/mol. The Balaban J connectivity index is 2.86. The summed E-state index contributed by atoms with van der Waals surface area (Å²) < 4.78 is 5.07. The third-order valence-corrected chi connectivity index (χ3v) is 3.13. The lowest BCUT2D eigenvalue weighted by Gasteiger charge is -2.17. The number of nitrogens with one attached hydrogen (secondary N) is 1. The first-order valence-electron chi connectivity index (χ1n) is 6.25. The molecule has 0 amide bonds. The summed E-state index contributed by atoms with van der Waals surface area (Å²) >= 11 is 6.14. The fourth-order valence-electron chi connectivity index (χ4n) is 1.50. The molecule has 102 valence electrons. The first kappa shape index (κ1) is 15.2. The van der Waals surface area contributed by atoms with Crippen molar-refractivity contribution in [2.75, 3.05) is 19.0 Å². The van der Waals surface area contributed by atoms with Crippen LogP contribution in [-0.4, -0.2) is 29.7 Å². The molecule has 18 heavy (non-hydrogen) atoms. The van der Waals surface area contributed by atoms with Crippen LogP contribution in [-0.2, 0) is 4.74 Å². The van der Waals surface area contributed by atoms with E-state index in [2.05, 4.69) is 36.1 Å². The van der Waals surface area contributed by atoms with Crippen LogP contribution in [0.4, 0.5) is 5.82 Å². The molecule has 0 bridgehead atoms. The molecule has 5 heteroatoms. The summed E-state index contributed by atoms with van der Waals surface area (Å²) in [6.07, 6.45) is 0.925. The highest BCUT2D eigenvalue weighted by molar-refractivity contribution is 6.30. The Labute approximate surface area is 114 Å². The van der Waals surface area contributed by atoms with Gasteiger partial charge in [-0.25, -0.2) is 9.97 Å². The maximum absolute atomic E-state index is 6.14. The summed E-state index contributed by atoms with van der Waals surface area (Å²) in [5, 5.41) is 3.89. The van der Waals surface area contributed by atoms with Crippen LogP contribution >= 0.6 is 11.6 Å². The van der Waals surface area contributed by atoms with Crippen molar-refractivity contribution in [3.8, 4) is 0 Å². The smallest absolute Gasteiger partial charge is 0.137 e. The minimum Gasteiger partial charge on any atom is -0.385 e. The van der Waals surface area contributed by atoms with E-state index in [1.165, 1.54) is 0 Å². The zero-order valence-corrected chi connectivity index (χ0v) is 12.5. The van der Waals surface area contributed by atoms with Crippen molar-refractivity contribution in [1.82, 2.24) is 9.97 Å². The summed E-state index contributed by atoms with van der Waals surface area (Å²) in [5.74, 6) is 1.85. The van der Waals surface area contributed by atoms with Crippen LogP contribution in [0.25, 0.3) is 0 Å². The monoisotopic (exact) mass is 271 g/mol. The molecule has 0 spiro atoms. The van der Waals surface area contributed by atoms with Gasteiger partial charge in [-0.1, -0.05) is 25.4 Å². The molecule has 1 heterocycles. The zero-order valence-electron chi connectivity index (χ0n) is 11.7. The third-order valence-electron chi connectivity index (χ3n) is 2.76. The second-order valence-corrected chi connectivity index (χ2v) is 5.19. The predicted molar refractivity (Wildman–Crippen MR) is 75.4 cm³/mol. The summed E-state index contributed by atoms with van der Waals surface area (Å²) in [6.45, 7) is 8.86. The lowest BCUT2D eigenvalue weighted by atomic mass is 10.2. The van der Waals surface area contributed by atoms with E-state index in [1.807, 2.05) is 6.92 Å². The Morgan fingerprint density at radius 2 is 1.94 bits per heavy atom. The van der Waals surface area contributed by atoms with Crippen LogP contribution in [0.3, 0.4) is 0 Å². The van der Waals surface area contributed by atoms with Crippen molar-refractivity contribution < 1.29 is 4.74 Å². The first-order valence-corrected chi connectivity index (χ1v) is 6.63. The maximum atomic E-state index is 6.14. The molecule has 0 radical (unpaired) electrons. The van der Waals surface area contributed by atoms with Crippen molar-refractivity contribution in [3.05, 3.63) is 16.5 Å². The first-order chi connectivity index (χ1) is 8.45. The molecule has 0 saturated heterocycles. The van der Waals surface area contributed by atoms with Crippen LogP contribution < -0.4 is 5.32 Å². The molecule has 0 saturated carbocycles. The van der Waals surface area contributed by atoms with E-state index in [1.54, 1.807) is 7.11 Å². The van der Waals surface area contributed by atoms with E-state index in [4.69, 9.17) is 16.3 Å². The Hall–Kier alpha value is -0.870. The van der Waals surface area contributed by atoms with Crippen molar-refractivity contribution in [2.24, 2.45) is 0 Å². The molecule has 0 aromatic carbocycles. The Bertz CT molecular complexity index is 396. The Kier molecular flexibility index (Phi) is 5.82. The van der Waals surface area contributed by atoms with Crippen LogP contribution in [0.2, 0.25) is 5.15 Å². The van der Waals surface area contributed by atoms with Crippen molar-refractivity contribution >= 4 is 17.4 Å². The van der Waals surface area contributed by atoms with Crippen molar-refractivity contribution in [3.63, 3.8) is 0 Å². The van der Waals surface area contributed by atoms with E-state index >= 15 is 0 Å². The molecule has 0 fully saturated rings. The third kappa shape index (κ3) is 4.10. The van der Waals surface area contributed by atoms with Crippen LogP contribution in [0.15, 0.2) is 0 Å². The fraction of sp³-hybridized carbons (Fsp3) is 0.692. The standard InChI is InChI=1S/C13H22ClN3O/c1-8(2)12-16-11(14)10(4)13(17-12)15-9(3)6-7-18-5/h8-9H,6-7H2,1-5H3,(H,15,16,17). The molecule has 0 aliphatic rings. The second-order valence-electron chi connectivity index (χ2n) is 4.83. The fourth-order valence-corrected chi connectivity index (χ4v) is 1.68. The predicted octanol–water partition coefficient (Wildman–Crippen LogP) is 3.40. The minimum atomic E-state index is 0.262. The number of hydrogen-bond acceptors (Lipinski definition) is 4. The largest absolute Gasteiger partial charge is 0.385 e. The normalized spacial score (nSPS) is 12.8. The van der Waals surface area contributed by atoms with Gasteiger partial charge in [-0.15, -0.1) is 0 Å². The number of anilines is 1. The molecule has 0 aliphatic carbocycles. The van der Waals surface area contributed by atoms with Crippen LogP contribution in [0.1, 0.15) is 44.5 Å². The van der Waals surface area contributed by atoms with E-state index < -0.39 is 0 Å². The van der Waals surface area contributed by atoms with E-state index in [9.17, 15) is 0 Å². The van der Waals surface area contributed by atoms with Gasteiger partial charge in [0.05, 0.1) is 0 Å². The van der Waals surface area contributed by atoms with Gasteiger partial charge >= 0.3 is 0 Å². The van der Waals surface area contributed by atoms with Gasteiger partial charge in [0.1, 0.15) is 16.8 Å². The van der Waals surface area contributed by atoms with Gasteiger partial charge in [-0.3, -0.25) is 0 Å². The van der Waals surface area contributed by atoms with Gasteiger partial charge in [0.25, 0.3) is 0 Å². The minimum absolute atomic E-state index is 0.262. The lowest BCUT2D eigenvalue weighted by molar-refractivity contribution is 0.191. The van der Waals surface area contributed by atoms with Crippen molar-refractivity contribution in [2.45, 2.75) is 46.1 Å². The molecule has 1 unspecified atom stereocenters. The number of hydrogen-bond donors (Lipinski definition) is 1. The van der Waals surface area contributed by atoms with E-state index in [-0.39, 0.29) is 12.0 Å². The molecule has 4 nitrogen and oxygen atoms in total. The van der Waals surface area contributed by atoms with Gasteiger partial charge in [0.2, 0.25) is 0 Å². The summed E-state index contributed by atoms with van der Waals surface area (Å²) in [5.41, 5.74) is 0.894. The highest BCUT2D eigenvalue weighted by Gasteiger charge is 2.13. The van der Waals surface area contributed by atoms with Gasteiger partial charge < -0.3 is 10.1 Å². The quantitative estimate of drug-likeness (QED) is 0.806. The van der Waals surface area contributed by atoms with Gasteiger partial charge in [-0.05, 0) is 20.3 Å². The number of methoxy groups -OCH3 is 1. The molecule has 1 atom stereocenters. The summed E-state index contributed by atoms with van der Waals surface area (Å²) in [6, 6.07) is 0.287. The highest BCUT2D eigenvalue weighted by atomic mass is 35.5. The van der Waals surface area contributed by atoms with Gasteiger partial charge in [0, 0.05) is 31.2 Å². The number of rotatable bonds is 6. The second kappa shape index (κ2) is 6.90.